The number of carbonyl (C=O) groups excluding carboxylic acids is 1. The Labute approximate surface area is 161 Å². The molecule has 1 N–H and O–H groups in total. The number of allylic oxidation sites excluding steroid dienone is 2. The van der Waals surface area contributed by atoms with Crippen LogP contribution < -0.4 is 5.32 Å². The first kappa shape index (κ1) is 20.1. The Kier molecular flexibility index (Phi) is 5.05. The van der Waals surface area contributed by atoms with E-state index in [4.69, 9.17) is 11.6 Å². The number of aryl methyl sites for hydroxylation is 1. The highest BCUT2D eigenvalue weighted by Crippen LogP contribution is 2.37. The lowest BCUT2D eigenvalue weighted by molar-refractivity contribution is 0.0766. The summed E-state index contributed by atoms with van der Waals surface area (Å²) in [6.45, 7) is 0. The van der Waals surface area contributed by atoms with Crippen LogP contribution in [-0.4, -0.2) is 21.5 Å². The summed E-state index contributed by atoms with van der Waals surface area (Å²) in [7, 11) is 1.30. The fourth-order valence-electron chi connectivity index (χ4n) is 2.86. The van der Waals surface area contributed by atoms with Crippen LogP contribution in [-0.2, 0) is 12.4 Å². The number of rotatable bonds is 4. The molecule has 1 heterocycles. The molecular formula is C18H13ClF5N3O. The number of hydrogen-bond acceptors (Lipinski definition) is 2. The van der Waals surface area contributed by atoms with E-state index in [-0.39, 0.29) is 17.6 Å². The molecule has 1 amide bonds. The van der Waals surface area contributed by atoms with Crippen LogP contribution in [0.2, 0.25) is 0 Å². The molecule has 1 aliphatic carbocycles. The maximum atomic E-state index is 15.6. The summed E-state index contributed by atoms with van der Waals surface area (Å²) in [5.74, 6) is -6.05. The fourth-order valence-corrected chi connectivity index (χ4v) is 2.99. The molecule has 0 bridgehead atoms. The van der Waals surface area contributed by atoms with Crippen molar-refractivity contribution >= 4 is 23.1 Å². The van der Waals surface area contributed by atoms with Gasteiger partial charge in [-0.1, -0.05) is 24.3 Å². The van der Waals surface area contributed by atoms with Crippen LogP contribution in [0.1, 0.15) is 28.0 Å². The second-order valence-electron chi connectivity index (χ2n) is 6.16. The van der Waals surface area contributed by atoms with E-state index in [1.165, 1.54) is 25.3 Å². The van der Waals surface area contributed by atoms with Crippen molar-refractivity contribution in [1.29, 1.82) is 0 Å². The number of hydrogen-bond donors (Lipinski definition) is 1. The summed E-state index contributed by atoms with van der Waals surface area (Å²) < 4.78 is 70.3. The number of carbonyl (C=O) groups is 1. The molecule has 2 aromatic rings. The highest BCUT2D eigenvalue weighted by molar-refractivity contribution is 6.22. The molecule has 1 atom stereocenters. The summed E-state index contributed by atoms with van der Waals surface area (Å²) in [5.41, 5.74) is -1.81. The highest BCUT2D eigenvalue weighted by Gasteiger charge is 2.41. The molecular weight excluding hydrogens is 405 g/mol. The number of amides is 1. The molecule has 0 aliphatic heterocycles. The molecule has 0 fully saturated rings. The third-order valence-electron chi connectivity index (χ3n) is 4.11. The van der Waals surface area contributed by atoms with Gasteiger partial charge in [-0.25, -0.2) is 13.2 Å². The molecule has 0 radical (unpaired) electrons. The van der Waals surface area contributed by atoms with Gasteiger partial charge in [0.25, 0.3) is 5.91 Å². The van der Waals surface area contributed by atoms with E-state index in [1.54, 1.807) is 0 Å². The monoisotopic (exact) mass is 417 g/mol. The maximum absolute atomic E-state index is 15.6. The standard InChI is InChI=1S/C18H13ClF5N3O/c1-27-9-11(15(26-27)18(19,23)24)16(28)25-17(22)7-3-2-4-12(17)10-5-6-13(20)14(21)8-10/h2-6,8-9H,7H2,1H3,(H,25,28). The first-order valence-electron chi connectivity index (χ1n) is 7.96. The minimum absolute atomic E-state index is 0.0138. The van der Waals surface area contributed by atoms with Crippen molar-refractivity contribution in [2.75, 3.05) is 0 Å². The van der Waals surface area contributed by atoms with Crippen molar-refractivity contribution in [2.45, 2.75) is 17.6 Å². The number of benzene rings is 1. The zero-order valence-corrected chi connectivity index (χ0v) is 15.1. The zero-order valence-electron chi connectivity index (χ0n) is 14.3. The topological polar surface area (TPSA) is 46.9 Å². The second kappa shape index (κ2) is 7.05. The third kappa shape index (κ3) is 3.80. The lowest BCUT2D eigenvalue weighted by atomic mass is 9.89. The predicted molar refractivity (Wildman–Crippen MR) is 92.4 cm³/mol. The lowest BCUT2D eigenvalue weighted by Crippen LogP contribution is -2.46. The molecule has 1 aliphatic rings. The van der Waals surface area contributed by atoms with E-state index in [0.717, 1.165) is 29.1 Å². The van der Waals surface area contributed by atoms with Gasteiger partial charge in [0.1, 0.15) is 0 Å². The fraction of sp³-hybridized carbons (Fsp3) is 0.222. The molecule has 3 rings (SSSR count). The molecule has 0 saturated heterocycles. The number of alkyl halides is 4. The smallest absolute Gasteiger partial charge is 0.316 e. The SMILES string of the molecule is Cn1cc(C(=O)NC2(F)CC=CC=C2c2ccc(F)c(F)c2)c(C(F)(F)Cl)n1. The van der Waals surface area contributed by atoms with E-state index in [2.05, 4.69) is 5.10 Å². The normalized spacial score (nSPS) is 19.5. The first-order valence-corrected chi connectivity index (χ1v) is 8.34. The molecule has 4 nitrogen and oxygen atoms in total. The van der Waals surface area contributed by atoms with Crippen molar-refractivity contribution in [3.63, 3.8) is 0 Å². The van der Waals surface area contributed by atoms with Gasteiger partial charge >= 0.3 is 5.38 Å². The Morgan fingerprint density at radius 1 is 1.32 bits per heavy atom. The van der Waals surface area contributed by atoms with Gasteiger partial charge in [0.05, 0.1) is 5.56 Å². The van der Waals surface area contributed by atoms with E-state index < -0.39 is 40.0 Å². The second-order valence-corrected chi connectivity index (χ2v) is 6.63. The van der Waals surface area contributed by atoms with Crippen molar-refractivity contribution < 1.29 is 26.7 Å². The average molecular weight is 418 g/mol. The Morgan fingerprint density at radius 3 is 2.68 bits per heavy atom. The van der Waals surface area contributed by atoms with Crippen LogP contribution in [0.4, 0.5) is 22.0 Å². The van der Waals surface area contributed by atoms with Gasteiger partial charge in [0.2, 0.25) is 5.79 Å². The number of halogens is 6. The number of nitrogens with zero attached hydrogens (tertiary/aromatic N) is 2. The summed E-state index contributed by atoms with van der Waals surface area (Å²) >= 11 is 4.97. The van der Waals surface area contributed by atoms with E-state index in [9.17, 15) is 22.4 Å². The van der Waals surface area contributed by atoms with E-state index in [1.807, 2.05) is 5.32 Å². The molecule has 28 heavy (non-hydrogen) atoms. The Morgan fingerprint density at radius 2 is 2.04 bits per heavy atom. The van der Waals surface area contributed by atoms with Crippen molar-refractivity contribution in [2.24, 2.45) is 7.05 Å². The summed E-state index contributed by atoms with van der Waals surface area (Å²) in [6, 6.07) is 2.74. The van der Waals surface area contributed by atoms with Crippen LogP contribution in [0.3, 0.4) is 0 Å². The Balaban J connectivity index is 1.96. The molecule has 1 unspecified atom stereocenters. The van der Waals surface area contributed by atoms with Crippen LogP contribution in [0, 0.1) is 11.6 Å². The largest absolute Gasteiger partial charge is 0.367 e. The lowest BCUT2D eigenvalue weighted by Gasteiger charge is -2.30. The third-order valence-corrected chi connectivity index (χ3v) is 4.29. The molecule has 0 saturated carbocycles. The first-order chi connectivity index (χ1) is 13.0. The number of nitrogens with one attached hydrogen (secondary N) is 1. The maximum Gasteiger partial charge on any atom is 0.367 e. The van der Waals surface area contributed by atoms with Gasteiger partial charge in [0.15, 0.2) is 17.3 Å². The minimum atomic E-state index is -3.94. The molecule has 1 aromatic carbocycles. The Hall–Kier alpha value is -2.68. The minimum Gasteiger partial charge on any atom is -0.316 e. The van der Waals surface area contributed by atoms with Crippen molar-refractivity contribution in [1.82, 2.24) is 15.1 Å². The predicted octanol–water partition coefficient (Wildman–Crippen LogP) is 4.43. The average Bonchev–Trinajstić information content (AvgIpc) is 3.00. The number of aromatic nitrogens is 2. The summed E-state index contributed by atoms with van der Waals surface area (Å²) in [4.78, 5) is 12.5. The van der Waals surface area contributed by atoms with Crippen LogP contribution in [0.5, 0.6) is 0 Å². The van der Waals surface area contributed by atoms with Gasteiger partial charge in [-0.05, 0) is 29.3 Å². The van der Waals surface area contributed by atoms with E-state index >= 15 is 4.39 Å². The molecule has 1 aromatic heterocycles. The quantitative estimate of drug-likeness (QED) is 0.454. The van der Waals surface area contributed by atoms with Gasteiger partial charge < -0.3 is 5.32 Å². The highest BCUT2D eigenvalue weighted by atomic mass is 35.5. The zero-order chi connectivity index (χ0) is 20.7. The Bertz CT molecular complexity index is 996. The van der Waals surface area contributed by atoms with E-state index in [0.29, 0.717) is 0 Å². The van der Waals surface area contributed by atoms with Crippen LogP contribution in [0.25, 0.3) is 5.57 Å². The molecule has 0 spiro atoms. The van der Waals surface area contributed by atoms with Crippen molar-refractivity contribution in [3.05, 3.63) is 71.1 Å². The van der Waals surface area contributed by atoms with Crippen LogP contribution in [0.15, 0.2) is 42.6 Å². The summed E-state index contributed by atoms with van der Waals surface area (Å²) in [6.07, 6.45) is 4.77. The summed E-state index contributed by atoms with van der Waals surface area (Å²) in [5, 5.41) is 1.54. The van der Waals surface area contributed by atoms with Gasteiger partial charge in [-0.3, -0.25) is 9.48 Å². The molecule has 10 heteroatoms. The van der Waals surface area contributed by atoms with Crippen LogP contribution >= 0.6 is 11.6 Å². The van der Waals surface area contributed by atoms with Gasteiger partial charge in [-0.15, -0.1) is 0 Å². The van der Waals surface area contributed by atoms with Gasteiger partial charge in [-0.2, -0.15) is 13.9 Å². The molecule has 148 valence electrons. The van der Waals surface area contributed by atoms with Gasteiger partial charge in [0, 0.05) is 25.2 Å². The van der Waals surface area contributed by atoms with Crippen molar-refractivity contribution in [3.8, 4) is 0 Å².